The number of halogens is 1. The molecule has 0 aliphatic heterocycles. The standard InChI is InChI=1S/C20H20BrN5O2S/c1-13-7-3-6-10-16(13)23-18(27)12-29-20-25-24-17(26(20)2)11-22-19(28)14-8-4-5-9-15(14)21/h3-10H,11-12H2,1-2H3,(H,22,28)(H,23,27). The highest BCUT2D eigenvalue weighted by Crippen LogP contribution is 2.19. The molecular formula is C20H20BrN5O2S. The Labute approximate surface area is 181 Å². The molecule has 0 spiro atoms. The van der Waals surface area contributed by atoms with E-state index in [-0.39, 0.29) is 24.1 Å². The van der Waals surface area contributed by atoms with Gasteiger partial charge in [-0.2, -0.15) is 0 Å². The molecule has 7 nitrogen and oxygen atoms in total. The van der Waals surface area contributed by atoms with Gasteiger partial charge in [0, 0.05) is 17.2 Å². The molecule has 9 heteroatoms. The molecular weight excluding hydrogens is 454 g/mol. The van der Waals surface area contributed by atoms with Crippen molar-refractivity contribution in [2.24, 2.45) is 7.05 Å². The van der Waals surface area contributed by atoms with Gasteiger partial charge in [-0.3, -0.25) is 9.59 Å². The highest BCUT2D eigenvalue weighted by Gasteiger charge is 2.14. The van der Waals surface area contributed by atoms with Crippen LogP contribution in [0.4, 0.5) is 5.69 Å². The second kappa shape index (κ2) is 9.71. The Morgan fingerprint density at radius 2 is 1.83 bits per heavy atom. The molecule has 0 atom stereocenters. The maximum atomic E-state index is 12.3. The molecule has 0 aliphatic carbocycles. The molecule has 0 bridgehead atoms. The summed E-state index contributed by atoms with van der Waals surface area (Å²) in [6.07, 6.45) is 0. The number of nitrogens with one attached hydrogen (secondary N) is 2. The third-order valence-corrected chi connectivity index (χ3v) is 5.91. The van der Waals surface area contributed by atoms with Crippen LogP contribution in [0.2, 0.25) is 0 Å². The Kier molecular flexibility index (Phi) is 7.05. The molecule has 1 heterocycles. The second-order valence-electron chi connectivity index (χ2n) is 6.27. The summed E-state index contributed by atoms with van der Waals surface area (Å²) >= 11 is 4.66. The molecule has 2 aromatic carbocycles. The van der Waals surface area contributed by atoms with Crippen LogP contribution in [0.5, 0.6) is 0 Å². The SMILES string of the molecule is Cc1ccccc1NC(=O)CSc1nnc(CNC(=O)c2ccccc2Br)n1C. The first kappa shape index (κ1) is 21.1. The number of carbonyl (C=O) groups is 2. The maximum Gasteiger partial charge on any atom is 0.252 e. The number of carbonyl (C=O) groups excluding carboxylic acids is 2. The van der Waals surface area contributed by atoms with Crippen LogP contribution in [-0.4, -0.2) is 32.3 Å². The van der Waals surface area contributed by atoms with Crippen molar-refractivity contribution < 1.29 is 9.59 Å². The number of aryl methyl sites for hydroxylation is 1. The van der Waals surface area contributed by atoms with Gasteiger partial charge in [0.1, 0.15) is 0 Å². The summed E-state index contributed by atoms with van der Waals surface area (Å²) < 4.78 is 2.50. The van der Waals surface area contributed by atoms with Gasteiger partial charge in [-0.15, -0.1) is 10.2 Å². The van der Waals surface area contributed by atoms with Crippen LogP contribution in [0.3, 0.4) is 0 Å². The number of hydrogen-bond donors (Lipinski definition) is 2. The first-order chi connectivity index (χ1) is 14.0. The Morgan fingerprint density at radius 3 is 2.59 bits per heavy atom. The quantitative estimate of drug-likeness (QED) is 0.512. The number of rotatable bonds is 7. The van der Waals surface area contributed by atoms with E-state index < -0.39 is 0 Å². The van der Waals surface area contributed by atoms with Crippen LogP contribution in [0.15, 0.2) is 58.2 Å². The summed E-state index contributed by atoms with van der Waals surface area (Å²) in [5.74, 6) is 0.500. The van der Waals surface area contributed by atoms with E-state index in [2.05, 4.69) is 36.8 Å². The van der Waals surface area contributed by atoms with Crippen LogP contribution in [0.1, 0.15) is 21.7 Å². The topological polar surface area (TPSA) is 88.9 Å². The Morgan fingerprint density at radius 1 is 1.10 bits per heavy atom. The van der Waals surface area contributed by atoms with Crippen LogP contribution in [0, 0.1) is 6.92 Å². The van der Waals surface area contributed by atoms with E-state index in [0.717, 1.165) is 15.7 Å². The van der Waals surface area contributed by atoms with Crippen molar-refractivity contribution in [1.82, 2.24) is 20.1 Å². The van der Waals surface area contributed by atoms with Crippen molar-refractivity contribution in [3.8, 4) is 0 Å². The molecule has 150 valence electrons. The Balaban J connectivity index is 1.54. The minimum absolute atomic E-state index is 0.115. The van der Waals surface area contributed by atoms with E-state index in [1.807, 2.05) is 50.4 Å². The molecule has 0 aliphatic rings. The normalized spacial score (nSPS) is 10.6. The molecule has 2 N–H and O–H groups in total. The zero-order valence-corrected chi connectivity index (χ0v) is 18.4. The second-order valence-corrected chi connectivity index (χ2v) is 8.07. The van der Waals surface area contributed by atoms with Gasteiger partial charge in [0.15, 0.2) is 11.0 Å². The third kappa shape index (κ3) is 5.45. The van der Waals surface area contributed by atoms with Gasteiger partial charge in [-0.05, 0) is 46.6 Å². The van der Waals surface area contributed by atoms with Gasteiger partial charge < -0.3 is 15.2 Å². The van der Waals surface area contributed by atoms with Gasteiger partial charge in [0.2, 0.25) is 5.91 Å². The average Bonchev–Trinajstić information content (AvgIpc) is 3.06. The van der Waals surface area contributed by atoms with E-state index in [1.165, 1.54) is 11.8 Å². The van der Waals surface area contributed by atoms with Crippen molar-refractivity contribution in [3.05, 3.63) is 70.0 Å². The average molecular weight is 474 g/mol. The predicted molar refractivity (Wildman–Crippen MR) is 117 cm³/mol. The highest BCUT2D eigenvalue weighted by molar-refractivity contribution is 9.10. The summed E-state index contributed by atoms with van der Waals surface area (Å²) in [6, 6.07) is 14.8. The fraction of sp³-hybridized carbons (Fsp3) is 0.200. The van der Waals surface area contributed by atoms with E-state index >= 15 is 0 Å². The number of aromatic nitrogens is 3. The molecule has 0 saturated heterocycles. The largest absolute Gasteiger partial charge is 0.345 e. The zero-order valence-electron chi connectivity index (χ0n) is 16.0. The smallest absolute Gasteiger partial charge is 0.252 e. The van der Waals surface area contributed by atoms with Crippen LogP contribution >= 0.6 is 27.7 Å². The maximum absolute atomic E-state index is 12.3. The molecule has 1 aromatic heterocycles. The summed E-state index contributed by atoms with van der Waals surface area (Å²) in [5.41, 5.74) is 2.36. The molecule has 2 amide bonds. The molecule has 3 rings (SSSR count). The Hall–Kier alpha value is -2.65. The third-order valence-electron chi connectivity index (χ3n) is 4.20. The summed E-state index contributed by atoms with van der Waals surface area (Å²) in [4.78, 5) is 24.5. The molecule has 3 aromatic rings. The lowest BCUT2D eigenvalue weighted by atomic mass is 10.2. The molecule has 0 saturated carbocycles. The number of amides is 2. The van der Waals surface area contributed by atoms with Crippen LogP contribution in [0.25, 0.3) is 0 Å². The van der Waals surface area contributed by atoms with E-state index in [1.54, 1.807) is 16.7 Å². The van der Waals surface area contributed by atoms with Gasteiger partial charge in [0.25, 0.3) is 5.91 Å². The number of hydrogen-bond acceptors (Lipinski definition) is 5. The lowest BCUT2D eigenvalue weighted by Crippen LogP contribution is -2.24. The lowest BCUT2D eigenvalue weighted by molar-refractivity contribution is -0.113. The van der Waals surface area contributed by atoms with Gasteiger partial charge in [-0.1, -0.05) is 42.1 Å². The van der Waals surface area contributed by atoms with Crippen LogP contribution < -0.4 is 10.6 Å². The molecule has 0 fully saturated rings. The van der Waals surface area contributed by atoms with Crippen molar-refractivity contribution in [3.63, 3.8) is 0 Å². The van der Waals surface area contributed by atoms with E-state index in [4.69, 9.17) is 0 Å². The first-order valence-electron chi connectivity index (χ1n) is 8.85. The van der Waals surface area contributed by atoms with E-state index in [9.17, 15) is 9.59 Å². The number of nitrogens with zero attached hydrogens (tertiary/aromatic N) is 3. The van der Waals surface area contributed by atoms with Crippen LogP contribution in [-0.2, 0) is 18.4 Å². The number of anilines is 1. The molecule has 0 unspecified atom stereocenters. The Bertz CT molecular complexity index is 1040. The van der Waals surface area contributed by atoms with E-state index in [0.29, 0.717) is 16.5 Å². The van der Waals surface area contributed by atoms with Gasteiger partial charge in [-0.25, -0.2) is 0 Å². The number of para-hydroxylation sites is 1. The van der Waals surface area contributed by atoms with Crippen molar-refractivity contribution in [2.45, 2.75) is 18.6 Å². The fourth-order valence-corrected chi connectivity index (χ4v) is 3.75. The zero-order chi connectivity index (χ0) is 20.8. The lowest BCUT2D eigenvalue weighted by Gasteiger charge is -2.08. The predicted octanol–water partition coefficient (Wildman–Crippen LogP) is 3.55. The van der Waals surface area contributed by atoms with Gasteiger partial charge in [0.05, 0.1) is 17.9 Å². The monoisotopic (exact) mass is 473 g/mol. The molecule has 29 heavy (non-hydrogen) atoms. The minimum atomic E-state index is -0.202. The van der Waals surface area contributed by atoms with Crippen molar-refractivity contribution in [1.29, 1.82) is 0 Å². The summed E-state index contributed by atoms with van der Waals surface area (Å²) in [5, 5.41) is 14.6. The fourth-order valence-electron chi connectivity index (χ4n) is 2.55. The highest BCUT2D eigenvalue weighted by atomic mass is 79.9. The van der Waals surface area contributed by atoms with Gasteiger partial charge >= 0.3 is 0 Å². The number of benzene rings is 2. The molecule has 0 radical (unpaired) electrons. The minimum Gasteiger partial charge on any atom is -0.345 e. The number of thioether (sulfide) groups is 1. The summed E-state index contributed by atoms with van der Waals surface area (Å²) in [7, 11) is 1.81. The van der Waals surface area contributed by atoms with Crippen molar-refractivity contribution in [2.75, 3.05) is 11.1 Å². The summed E-state index contributed by atoms with van der Waals surface area (Å²) in [6.45, 7) is 2.18. The first-order valence-corrected chi connectivity index (χ1v) is 10.6. The van der Waals surface area contributed by atoms with Crippen molar-refractivity contribution >= 4 is 45.2 Å².